The van der Waals surface area contributed by atoms with E-state index in [2.05, 4.69) is 5.32 Å². The molecule has 2 rings (SSSR count). The molecule has 0 amide bonds. The van der Waals surface area contributed by atoms with E-state index in [-0.39, 0.29) is 6.04 Å². The van der Waals surface area contributed by atoms with Crippen molar-refractivity contribution >= 4 is 5.97 Å². The van der Waals surface area contributed by atoms with Crippen LogP contribution < -0.4 is 14.8 Å². The van der Waals surface area contributed by atoms with E-state index in [0.29, 0.717) is 17.9 Å². The maximum atomic E-state index is 10.9. The first kappa shape index (κ1) is 12.7. The molecule has 0 saturated carbocycles. The smallest absolute Gasteiger partial charge is 0.320 e. The van der Waals surface area contributed by atoms with Gasteiger partial charge in [-0.3, -0.25) is 10.1 Å². The van der Waals surface area contributed by atoms with E-state index in [9.17, 15) is 4.79 Å². The van der Waals surface area contributed by atoms with Gasteiger partial charge in [-0.05, 0) is 30.5 Å². The highest BCUT2D eigenvalue weighted by atomic mass is 16.5. The zero-order chi connectivity index (χ0) is 13.1. The number of nitrogens with one attached hydrogen (secondary N) is 1. The highest BCUT2D eigenvalue weighted by molar-refractivity contribution is 5.74. The molecule has 18 heavy (non-hydrogen) atoms. The molecule has 2 atom stereocenters. The molecule has 98 valence electrons. The fraction of sp³-hybridized carbons (Fsp3) is 0.462. The fourth-order valence-corrected chi connectivity index (χ4v) is 2.27. The average molecular weight is 251 g/mol. The van der Waals surface area contributed by atoms with Crippen molar-refractivity contribution in [3.63, 3.8) is 0 Å². The number of aliphatic carboxylic acids is 1. The molecule has 2 N–H and O–H groups in total. The summed E-state index contributed by atoms with van der Waals surface area (Å²) >= 11 is 0. The Kier molecular flexibility index (Phi) is 3.72. The third kappa shape index (κ3) is 2.41. The summed E-state index contributed by atoms with van der Waals surface area (Å²) in [6, 6.07) is 5.27. The summed E-state index contributed by atoms with van der Waals surface area (Å²) in [5.74, 6) is 0.544. The summed E-state index contributed by atoms with van der Waals surface area (Å²) in [6.07, 6.45) is 1.46. The first-order valence-electron chi connectivity index (χ1n) is 5.86. The Hall–Kier alpha value is -1.75. The second kappa shape index (κ2) is 5.27. The van der Waals surface area contributed by atoms with Gasteiger partial charge in [0.05, 0.1) is 14.2 Å². The maximum absolute atomic E-state index is 10.9. The summed E-state index contributed by atoms with van der Waals surface area (Å²) in [5.41, 5.74) is 1.02. The Bertz CT molecular complexity index is 447. The highest BCUT2D eigenvalue weighted by Crippen LogP contribution is 2.33. The van der Waals surface area contributed by atoms with Crippen molar-refractivity contribution in [2.75, 3.05) is 14.2 Å². The molecule has 1 heterocycles. The minimum absolute atomic E-state index is 0.0610. The second-order valence-corrected chi connectivity index (χ2v) is 4.30. The summed E-state index contributed by atoms with van der Waals surface area (Å²) in [6.45, 7) is 0. The molecule has 1 aromatic carbocycles. The molecular formula is C13H17NO4. The first-order chi connectivity index (χ1) is 8.65. The molecule has 2 unspecified atom stereocenters. The number of carboxylic acid groups (broad SMARTS) is 1. The van der Waals surface area contributed by atoms with Crippen molar-refractivity contribution in [1.82, 2.24) is 5.32 Å². The largest absolute Gasteiger partial charge is 0.493 e. The van der Waals surface area contributed by atoms with Gasteiger partial charge in [0.15, 0.2) is 11.5 Å². The van der Waals surface area contributed by atoms with E-state index in [1.54, 1.807) is 14.2 Å². The average Bonchev–Trinajstić information content (AvgIpc) is 2.87. The second-order valence-electron chi connectivity index (χ2n) is 4.30. The zero-order valence-electron chi connectivity index (χ0n) is 10.5. The summed E-state index contributed by atoms with van der Waals surface area (Å²) in [5, 5.41) is 12.1. The first-order valence-corrected chi connectivity index (χ1v) is 5.86. The SMILES string of the molecule is COc1ccc(C2CCC(C(=O)O)N2)cc1OC. The van der Waals surface area contributed by atoms with Crippen LogP contribution in [0.25, 0.3) is 0 Å². The van der Waals surface area contributed by atoms with Gasteiger partial charge >= 0.3 is 5.97 Å². The molecule has 1 saturated heterocycles. The molecule has 1 aromatic rings. The molecule has 0 radical (unpaired) electrons. The number of carboxylic acids is 1. The lowest BCUT2D eigenvalue weighted by atomic mass is 10.0. The standard InChI is InChI=1S/C13H17NO4/c1-17-11-6-3-8(7-12(11)18-2)9-4-5-10(14-9)13(15)16/h3,6-7,9-10,14H,4-5H2,1-2H3,(H,15,16). The number of methoxy groups -OCH3 is 2. The van der Waals surface area contributed by atoms with E-state index in [4.69, 9.17) is 14.6 Å². The number of hydrogen-bond donors (Lipinski definition) is 2. The highest BCUT2D eigenvalue weighted by Gasteiger charge is 2.29. The normalized spacial score (nSPS) is 22.8. The summed E-state index contributed by atoms with van der Waals surface area (Å²) < 4.78 is 10.4. The van der Waals surface area contributed by atoms with Gasteiger partial charge in [0.2, 0.25) is 0 Å². The molecule has 5 nitrogen and oxygen atoms in total. The summed E-state index contributed by atoms with van der Waals surface area (Å²) in [4.78, 5) is 10.9. The van der Waals surface area contributed by atoms with E-state index < -0.39 is 12.0 Å². The van der Waals surface area contributed by atoms with E-state index in [1.165, 1.54) is 0 Å². The minimum atomic E-state index is -0.794. The van der Waals surface area contributed by atoms with Crippen LogP contribution in [0.2, 0.25) is 0 Å². The van der Waals surface area contributed by atoms with Crippen LogP contribution in [0, 0.1) is 0 Å². The lowest BCUT2D eigenvalue weighted by molar-refractivity contribution is -0.139. The van der Waals surface area contributed by atoms with Gasteiger partial charge in [0.1, 0.15) is 6.04 Å². The minimum Gasteiger partial charge on any atom is -0.493 e. The Labute approximate surface area is 106 Å². The van der Waals surface area contributed by atoms with Crippen LogP contribution in [0.5, 0.6) is 11.5 Å². The van der Waals surface area contributed by atoms with Gasteiger partial charge in [-0.2, -0.15) is 0 Å². The van der Waals surface area contributed by atoms with E-state index in [1.807, 2.05) is 18.2 Å². The van der Waals surface area contributed by atoms with Crippen LogP contribution in [0.15, 0.2) is 18.2 Å². The van der Waals surface area contributed by atoms with Gasteiger partial charge < -0.3 is 14.6 Å². The maximum Gasteiger partial charge on any atom is 0.320 e. The molecule has 1 aliphatic heterocycles. The lowest BCUT2D eigenvalue weighted by Gasteiger charge is -2.15. The topological polar surface area (TPSA) is 67.8 Å². The molecule has 0 aromatic heterocycles. The molecular weight excluding hydrogens is 234 g/mol. The number of hydrogen-bond acceptors (Lipinski definition) is 4. The zero-order valence-corrected chi connectivity index (χ0v) is 10.5. The number of rotatable bonds is 4. The van der Waals surface area contributed by atoms with Gasteiger partial charge in [0.25, 0.3) is 0 Å². The lowest BCUT2D eigenvalue weighted by Crippen LogP contribution is -2.31. The third-order valence-corrected chi connectivity index (χ3v) is 3.25. The molecule has 5 heteroatoms. The van der Waals surface area contributed by atoms with E-state index in [0.717, 1.165) is 12.0 Å². The number of carbonyl (C=O) groups is 1. The van der Waals surface area contributed by atoms with Gasteiger partial charge in [0, 0.05) is 6.04 Å². The molecule has 1 fully saturated rings. The van der Waals surface area contributed by atoms with Crippen LogP contribution in [0.1, 0.15) is 24.4 Å². The van der Waals surface area contributed by atoms with E-state index >= 15 is 0 Å². The van der Waals surface area contributed by atoms with Crippen molar-refractivity contribution in [2.45, 2.75) is 24.9 Å². The van der Waals surface area contributed by atoms with Crippen LogP contribution in [0.4, 0.5) is 0 Å². The summed E-state index contributed by atoms with van der Waals surface area (Å²) in [7, 11) is 3.18. The third-order valence-electron chi connectivity index (χ3n) is 3.25. The predicted octanol–water partition coefficient (Wildman–Crippen LogP) is 1.58. The Morgan fingerprint density at radius 3 is 2.56 bits per heavy atom. The Morgan fingerprint density at radius 1 is 1.28 bits per heavy atom. The van der Waals surface area contributed by atoms with Crippen LogP contribution in [-0.4, -0.2) is 31.3 Å². The number of benzene rings is 1. The Morgan fingerprint density at radius 2 is 2.00 bits per heavy atom. The van der Waals surface area contributed by atoms with Crippen molar-refractivity contribution < 1.29 is 19.4 Å². The monoisotopic (exact) mass is 251 g/mol. The Balaban J connectivity index is 2.17. The van der Waals surface area contributed by atoms with Gasteiger partial charge in [-0.25, -0.2) is 0 Å². The molecule has 0 spiro atoms. The quantitative estimate of drug-likeness (QED) is 0.850. The van der Waals surface area contributed by atoms with Crippen molar-refractivity contribution in [3.05, 3.63) is 23.8 Å². The predicted molar refractivity (Wildman–Crippen MR) is 66.1 cm³/mol. The van der Waals surface area contributed by atoms with Gasteiger partial charge in [-0.15, -0.1) is 0 Å². The van der Waals surface area contributed by atoms with Crippen molar-refractivity contribution in [3.8, 4) is 11.5 Å². The van der Waals surface area contributed by atoms with Crippen molar-refractivity contribution in [2.24, 2.45) is 0 Å². The van der Waals surface area contributed by atoms with Gasteiger partial charge in [-0.1, -0.05) is 6.07 Å². The number of ether oxygens (including phenoxy) is 2. The van der Waals surface area contributed by atoms with Crippen LogP contribution in [-0.2, 0) is 4.79 Å². The fourth-order valence-electron chi connectivity index (χ4n) is 2.27. The van der Waals surface area contributed by atoms with Crippen LogP contribution >= 0.6 is 0 Å². The molecule has 0 bridgehead atoms. The molecule has 0 aliphatic carbocycles. The molecule has 1 aliphatic rings. The van der Waals surface area contributed by atoms with Crippen molar-refractivity contribution in [1.29, 1.82) is 0 Å². The van der Waals surface area contributed by atoms with Crippen LogP contribution in [0.3, 0.4) is 0 Å².